The molecule has 0 amide bonds. The maximum absolute atomic E-state index is 4.89. The van der Waals surface area contributed by atoms with Crippen molar-refractivity contribution in [3.8, 4) is 0 Å². The van der Waals surface area contributed by atoms with Crippen LogP contribution in [0.3, 0.4) is 0 Å². The van der Waals surface area contributed by atoms with Gasteiger partial charge < -0.3 is 10.2 Å². The van der Waals surface area contributed by atoms with Crippen molar-refractivity contribution in [2.45, 2.75) is 37.5 Å². The van der Waals surface area contributed by atoms with Gasteiger partial charge in [-0.2, -0.15) is 0 Å². The molecule has 1 N–H and O–H groups in total. The van der Waals surface area contributed by atoms with Crippen LogP contribution in [0.1, 0.15) is 48.8 Å². The van der Waals surface area contributed by atoms with E-state index in [2.05, 4.69) is 21.4 Å². The van der Waals surface area contributed by atoms with Gasteiger partial charge in [0.25, 0.3) is 0 Å². The lowest BCUT2D eigenvalue weighted by Gasteiger charge is -2.22. The van der Waals surface area contributed by atoms with E-state index in [0.717, 1.165) is 44.0 Å². The third-order valence-electron chi connectivity index (χ3n) is 4.72. The molecule has 1 saturated carbocycles. The average Bonchev–Trinajstić information content (AvgIpc) is 2.91. The zero-order valence-electron chi connectivity index (χ0n) is 10.7. The van der Waals surface area contributed by atoms with Crippen LogP contribution in [0.15, 0.2) is 6.20 Å². The minimum absolute atomic E-state index is 0.733. The predicted octanol–water partition coefficient (Wildman–Crippen LogP) is 1.64. The highest BCUT2D eigenvalue weighted by molar-refractivity contribution is 5.41. The first-order valence-electron chi connectivity index (χ1n) is 7.24. The summed E-state index contributed by atoms with van der Waals surface area (Å²) in [6, 6.07) is 0. The summed E-state index contributed by atoms with van der Waals surface area (Å²) >= 11 is 0. The Balaban J connectivity index is 1.64. The minimum Gasteiger partial charge on any atom is -0.339 e. The smallest absolute Gasteiger partial charge is 0.225 e. The Hall–Kier alpha value is -1.16. The topological polar surface area (TPSA) is 41.1 Å². The Morgan fingerprint density at radius 1 is 1.17 bits per heavy atom. The zero-order chi connectivity index (χ0) is 11.9. The normalized spacial score (nSPS) is 30.3. The highest BCUT2D eigenvalue weighted by atomic mass is 15.3. The van der Waals surface area contributed by atoms with Crippen molar-refractivity contribution >= 4 is 5.95 Å². The first-order chi connectivity index (χ1) is 8.92. The van der Waals surface area contributed by atoms with E-state index in [4.69, 9.17) is 4.98 Å². The molecule has 3 aliphatic rings. The molecule has 2 atom stereocenters. The standard InChI is InChI=1S/C14H20N4/c1-4-15-5-7-18(6-1)14-16-9-12-10-2-3-11(8-10)13(12)17-14/h9-11,15H,1-8H2. The van der Waals surface area contributed by atoms with Crippen molar-refractivity contribution in [3.63, 3.8) is 0 Å². The average molecular weight is 244 g/mol. The lowest BCUT2D eigenvalue weighted by Crippen LogP contribution is -2.29. The Morgan fingerprint density at radius 3 is 3.11 bits per heavy atom. The molecule has 4 nitrogen and oxygen atoms in total. The van der Waals surface area contributed by atoms with E-state index in [1.807, 2.05) is 0 Å². The largest absolute Gasteiger partial charge is 0.339 e. The number of fused-ring (bicyclic) bond motifs is 5. The van der Waals surface area contributed by atoms with E-state index in [-0.39, 0.29) is 0 Å². The summed E-state index contributed by atoms with van der Waals surface area (Å²) in [7, 11) is 0. The monoisotopic (exact) mass is 244 g/mol. The summed E-state index contributed by atoms with van der Waals surface area (Å²) < 4.78 is 0. The Morgan fingerprint density at radius 2 is 2.11 bits per heavy atom. The second-order valence-electron chi connectivity index (χ2n) is 5.81. The summed E-state index contributed by atoms with van der Waals surface area (Å²) in [5.74, 6) is 2.46. The molecule has 2 unspecified atom stereocenters. The van der Waals surface area contributed by atoms with Crippen molar-refractivity contribution in [2.75, 3.05) is 31.1 Å². The van der Waals surface area contributed by atoms with Crippen LogP contribution in [0.4, 0.5) is 5.95 Å². The highest BCUT2D eigenvalue weighted by Crippen LogP contribution is 2.52. The molecule has 1 aliphatic heterocycles. The van der Waals surface area contributed by atoms with Crippen LogP contribution >= 0.6 is 0 Å². The number of hydrogen-bond donors (Lipinski definition) is 1. The predicted molar refractivity (Wildman–Crippen MR) is 71.1 cm³/mol. The number of anilines is 1. The molecule has 18 heavy (non-hydrogen) atoms. The molecule has 2 heterocycles. The van der Waals surface area contributed by atoms with Gasteiger partial charge in [-0.15, -0.1) is 0 Å². The van der Waals surface area contributed by atoms with Gasteiger partial charge in [0.05, 0.1) is 5.69 Å². The quantitative estimate of drug-likeness (QED) is 0.815. The molecule has 4 rings (SSSR count). The van der Waals surface area contributed by atoms with Crippen LogP contribution < -0.4 is 10.2 Å². The van der Waals surface area contributed by atoms with Gasteiger partial charge in [-0.3, -0.25) is 0 Å². The van der Waals surface area contributed by atoms with E-state index >= 15 is 0 Å². The first-order valence-corrected chi connectivity index (χ1v) is 7.24. The Kier molecular flexibility index (Phi) is 2.50. The fourth-order valence-corrected chi connectivity index (χ4v) is 3.75. The fraction of sp³-hybridized carbons (Fsp3) is 0.714. The van der Waals surface area contributed by atoms with Crippen LogP contribution in [-0.4, -0.2) is 36.1 Å². The fourth-order valence-electron chi connectivity index (χ4n) is 3.75. The molecule has 0 radical (unpaired) electrons. The third kappa shape index (κ3) is 1.62. The van der Waals surface area contributed by atoms with E-state index < -0.39 is 0 Å². The molecule has 96 valence electrons. The Labute approximate surface area is 108 Å². The number of aromatic nitrogens is 2. The third-order valence-corrected chi connectivity index (χ3v) is 4.72. The molecule has 1 aromatic rings. The van der Waals surface area contributed by atoms with Crippen LogP contribution in [0.5, 0.6) is 0 Å². The van der Waals surface area contributed by atoms with Crippen molar-refractivity contribution in [1.29, 1.82) is 0 Å². The van der Waals surface area contributed by atoms with E-state index in [1.54, 1.807) is 0 Å². The summed E-state index contributed by atoms with van der Waals surface area (Å²) in [6.45, 7) is 4.28. The lowest BCUT2D eigenvalue weighted by molar-refractivity contribution is 0.681. The van der Waals surface area contributed by atoms with Crippen molar-refractivity contribution in [2.24, 2.45) is 0 Å². The molecular formula is C14H20N4. The summed E-state index contributed by atoms with van der Waals surface area (Å²) in [5, 5.41) is 3.43. The van der Waals surface area contributed by atoms with Gasteiger partial charge in [0.15, 0.2) is 0 Å². The highest BCUT2D eigenvalue weighted by Gasteiger charge is 2.38. The van der Waals surface area contributed by atoms with Gasteiger partial charge in [-0.05, 0) is 43.7 Å². The van der Waals surface area contributed by atoms with Crippen molar-refractivity contribution < 1.29 is 0 Å². The SMILES string of the molecule is c1nc(N2CCCNCC2)nc2c1C1CCC2C1. The second kappa shape index (κ2) is 4.19. The van der Waals surface area contributed by atoms with Crippen LogP contribution in [0.25, 0.3) is 0 Å². The van der Waals surface area contributed by atoms with E-state index in [1.165, 1.54) is 36.9 Å². The molecule has 2 aliphatic carbocycles. The molecule has 2 fully saturated rings. The number of rotatable bonds is 1. The van der Waals surface area contributed by atoms with Gasteiger partial charge in [0, 0.05) is 31.7 Å². The first kappa shape index (κ1) is 10.7. The van der Waals surface area contributed by atoms with Gasteiger partial charge in [0.1, 0.15) is 0 Å². The molecule has 0 spiro atoms. The summed E-state index contributed by atoms with van der Waals surface area (Å²) in [4.78, 5) is 11.8. The van der Waals surface area contributed by atoms with Crippen LogP contribution in [-0.2, 0) is 0 Å². The van der Waals surface area contributed by atoms with E-state index in [0.29, 0.717) is 0 Å². The number of nitrogens with zero attached hydrogens (tertiary/aromatic N) is 3. The number of hydrogen-bond acceptors (Lipinski definition) is 4. The van der Waals surface area contributed by atoms with Crippen LogP contribution in [0, 0.1) is 0 Å². The van der Waals surface area contributed by atoms with Gasteiger partial charge in [0.2, 0.25) is 5.95 Å². The lowest BCUT2D eigenvalue weighted by atomic mass is 9.98. The van der Waals surface area contributed by atoms with Gasteiger partial charge in [-0.1, -0.05) is 0 Å². The maximum Gasteiger partial charge on any atom is 0.225 e. The summed E-state index contributed by atoms with van der Waals surface area (Å²) in [5.41, 5.74) is 2.82. The molecule has 0 aromatic carbocycles. The zero-order valence-corrected chi connectivity index (χ0v) is 10.7. The molecular weight excluding hydrogens is 224 g/mol. The maximum atomic E-state index is 4.89. The minimum atomic E-state index is 0.733. The van der Waals surface area contributed by atoms with E-state index in [9.17, 15) is 0 Å². The van der Waals surface area contributed by atoms with Crippen LogP contribution in [0.2, 0.25) is 0 Å². The van der Waals surface area contributed by atoms with Crippen molar-refractivity contribution in [1.82, 2.24) is 15.3 Å². The van der Waals surface area contributed by atoms with Crippen molar-refractivity contribution in [3.05, 3.63) is 17.5 Å². The van der Waals surface area contributed by atoms with Gasteiger partial charge >= 0.3 is 0 Å². The molecule has 1 saturated heterocycles. The number of nitrogens with one attached hydrogen (secondary N) is 1. The second-order valence-corrected chi connectivity index (χ2v) is 5.81. The Bertz CT molecular complexity index is 451. The van der Waals surface area contributed by atoms with Gasteiger partial charge in [-0.25, -0.2) is 9.97 Å². The molecule has 2 bridgehead atoms. The molecule has 1 aromatic heterocycles. The summed E-state index contributed by atoms with van der Waals surface area (Å²) in [6.07, 6.45) is 7.32. The molecule has 4 heteroatoms.